The number of benzene rings is 4. The van der Waals surface area contributed by atoms with Crippen molar-refractivity contribution in [3.05, 3.63) is 135 Å². The number of hydrogen-bond acceptors (Lipinski definition) is 0. The van der Waals surface area contributed by atoms with Crippen molar-refractivity contribution >= 4 is 35.3 Å². The van der Waals surface area contributed by atoms with Crippen molar-refractivity contribution in [2.24, 2.45) is 0 Å². The summed E-state index contributed by atoms with van der Waals surface area (Å²) in [6.07, 6.45) is 0. The van der Waals surface area contributed by atoms with E-state index in [4.69, 9.17) is 0 Å². The van der Waals surface area contributed by atoms with Gasteiger partial charge in [-0.05, 0) is 0 Å². The summed E-state index contributed by atoms with van der Waals surface area (Å²) in [5.41, 5.74) is 8.96. The van der Waals surface area contributed by atoms with Gasteiger partial charge < -0.3 is 0 Å². The molecule has 4 aromatic rings. The Morgan fingerprint density at radius 2 is 1.00 bits per heavy atom. The third kappa shape index (κ3) is 2.17. The molecule has 0 fully saturated rings. The zero-order chi connectivity index (χ0) is 18.7. The van der Waals surface area contributed by atoms with Crippen LogP contribution in [0.5, 0.6) is 0 Å². The van der Waals surface area contributed by atoms with Crippen LogP contribution in [0.25, 0.3) is 0 Å². The van der Waals surface area contributed by atoms with E-state index >= 15 is 0 Å². The van der Waals surface area contributed by atoms with Gasteiger partial charge in [0.05, 0.1) is 0 Å². The molecule has 0 saturated carbocycles. The number of hydrogen-bond donors (Lipinski definition) is 0. The quantitative estimate of drug-likeness (QED) is 0.324. The number of halogens is 1. The van der Waals surface area contributed by atoms with E-state index < -0.39 is 0 Å². The van der Waals surface area contributed by atoms with Gasteiger partial charge in [-0.3, -0.25) is 0 Å². The molecule has 0 spiro atoms. The third-order valence-electron chi connectivity index (χ3n) is 6.04. The van der Waals surface area contributed by atoms with Gasteiger partial charge in [0.1, 0.15) is 0 Å². The summed E-state index contributed by atoms with van der Waals surface area (Å²) in [5, 5.41) is 0. The zero-order valence-corrected chi connectivity index (χ0v) is 18.4. The summed E-state index contributed by atoms with van der Waals surface area (Å²) in [5.74, 6) is 0.353. The average molecular weight is 488 g/mol. The first-order chi connectivity index (χ1) is 13.8. The van der Waals surface area contributed by atoms with Crippen LogP contribution in [-0.2, 0) is 4.31 Å². The van der Waals surface area contributed by atoms with E-state index in [1.165, 1.54) is 37.8 Å². The fraction of sp³-hybridized carbons (Fsp3) is 0.0769. The molecule has 4 aromatic carbocycles. The minimum atomic E-state index is -0.0701. The topological polar surface area (TPSA) is 0 Å². The van der Waals surface area contributed by atoms with Gasteiger partial charge in [-0.25, -0.2) is 0 Å². The molecule has 0 N–H and O–H groups in total. The van der Waals surface area contributed by atoms with Gasteiger partial charge in [-0.15, -0.1) is 0 Å². The maximum absolute atomic E-state index is 3.59. The van der Waals surface area contributed by atoms with E-state index in [2.05, 4.69) is 113 Å². The molecule has 134 valence electrons. The standard InChI is InChI=1S/C26H17BrSe/c27-17-13-15-18(16-14-17)28-26-22-10-4-1-7-19(22)25(20-8-2-5-11-23(20)26)21-9-3-6-12-24(21)26/h1-16,25H. The molecule has 0 radical (unpaired) electrons. The van der Waals surface area contributed by atoms with Gasteiger partial charge >= 0.3 is 180 Å². The van der Waals surface area contributed by atoms with E-state index in [9.17, 15) is 0 Å². The molecule has 0 amide bonds. The first-order valence-corrected chi connectivity index (χ1v) is 12.0. The van der Waals surface area contributed by atoms with Gasteiger partial charge in [-0.2, -0.15) is 0 Å². The molecule has 0 atom stereocenters. The Kier molecular flexibility index (Phi) is 3.71. The monoisotopic (exact) mass is 488 g/mol. The van der Waals surface area contributed by atoms with E-state index in [0.717, 1.165) is 4.47 Å². The van der Waals surface area contributed by atoms with Gasteiger partial charge in [0.2, 0.25) is 0 Å². The van der Waals surface area contributed by atoms with Gasteiger partial charge in [0.25, 0.3) is 0 Å². The predicted octanol–water partition coefficient (Wildman–Crippen LogP) is 5.58. The van der Waals surface area contributed by atoms with Gasteiger partial charge in [0.15, 0.2) is 0 Å². The molecular formula is C26H17BrSe. The molecule has 0 heterocycles. The Balaban J connectivity index is 1.71. The molecule has 3 aliphatic rings. The molecular weight excluding hydrogens is 471 g/mol. The van der Waals surface area contributed by atoms with Crippen LogP contribution in [0.1, 0.15) is 39.3 Å². The number of rotatable bonds is 2. The fourth-order valence-electron chi connectivity index (χ4n) is 4.99. The summed E-state index contributed by atoms with van der Waals surface area (Å²) in [4.78, 5) is 0. The summed E-state index contributed by atoms with van der Waals surface area (Å²) in [7, 11) is 0. The van der Waals surface area contributed by atoms with Crippen molar-refractivity contribution in [1.29, 1.82) is 0 Å². The Bertz CT molecular complexity index is 1090. The van der Waals surface area contributed by atoms with Crippen LogP contribution in [-0.4, -0.2) is 15.0 Å². The van der Waals surface area contributed by atoms with Crippen molar-refractivity contribution < 1.29 is 0 Å². The van der Waals surface area contributed by atoms with E-state index in [1.807, 2.05) is 0 Å². The first-order valence-electron chi connectivity index (χ1n) is 9.52. The predicted molar refractivity (Wildman–Crippen MR) is 120 cm³/mol. The van der Waals surface area contributed by atoms with Crippen LogP contribution in [0.4, 0.5) is 0 Å². The Morgan fingerprint density at radius 3 is 1.46 bits per heavy atom. The molecule has 0 aliphatic heterocycles. The van der Waals surface area contributed by atoms with Crippen LogP contribution < -0.4 is 4.46 Å². The van der Waals surface area contributed by atoms with Crippen LogP contribution in [0.3, 0.4) is 0 Å². The van der Waals surface area contributed by atoms with Crippen molar-refractivity contribution in [2.45, 2.75) is 10.2 Å². The molecule has 0 saturated heterocycles. The molecule has 0 nitrogen and oxygen atoms in total. The Labute approximate surface area is 179 Å². The van der Waals surface area contributed by atoms with Crippen LogP contribution >= 0.6 is 15.9 Å². The Hall–Kier alpha value is -2.12. The minimum absolute atomic E-state index is 0.0701. The van der Waals surface area contributed by atoms with E-state index in [-0.39, 0.29) is 19.3 Å². The molecule has 0 unspecified atom stereocenters. The van der Waals surface area contributed by atoms with Crippen LogP contribution in [0.15, 0.2) is 102 Å². The summed E-state index contributed by atoms with van der Waals surface area (Å²) in [6.45, 7) is 0. The third-order valence-corrected chi connectivity index (χ3v) is 9.66. The average Bonchev–Trinajstić information content (AvgIpc) is 2.76. The summed E-state index contributed by atoms with van der Waals surface area (Å²) >= 11 is 3.82. The molecule has 2 bridgehead atoms. The normalized spacial score (nSPS) is 21.0. The maximum atomic E-state index is 3.59. The van der Waals surface area contributed by atoms with Crippen molar-refractivity contribution in [3.8, 4) is 0 Å². The van der Waals surface area contributed by atoms with Crippen LogP contribution in [0, 0.1) is 0 Å². The SMILES string of the molecule is Brc1ccc([Se]C23c4ccccc4C(c4ccccc42)c2ccccc23)cc1. The second-order valence-corrected chi connectivity index (χ2v) is 11.0. The fourth-order valence-corrected chi connectivity index (χ4v) is 8.43. The van der Waals surface area contributed by atoms with E-state index in [1.54, 1.807) is 0 Å². The second kappa shape index (κ2) is 6.19. The Morgan fingerprint density at radius 1 is 0.571 bits per heavy atom. The van der Waals surface area contributed by atoms with Gasteiger partial charge in [-0.1, -0.05) is 0 Å². The molecule has 0 aromatic heterocycles. The second-order valence-electron chi connectivity index (χ2n) is 7.43. The van der Waals surface area contributed by atoms with Crippen molar-refractivity contribution in [1.82, 2.24) is 0 Å². The van der Waals surface area contributed by atoms with Crippen LogP contribution in [0.2, 0.25) is 0 Å². The molecule has 2 heteroatoms. The summed E-state index contributed by atoms with van der Waals surface area (Å²) < 4.78 is 2.49. The summed E-state index contributed by atoms with van der Waals surface area (Å²) in [6, 6.07) is 36.3. The first kappa shape index (κ1) is 16.8. The van der Waals surface area contributed by atoms with Gasteiger partial charge in [0, 0.05) is 0 Å². The molecule has 28 heavy (non-hydrogen) atoms. The van der Waals surface area contributed by atoms with Crippen molar-refractivity contribution in [2.75, 3.05) is 0 Å². The molecule has 3 aliphatic carbocycles. The zero-order valence-electron chi connectivity index (χ0n) is 15.1. The molecule has 7 rings (SSSR count). The van der Waals surface area contributed by atoms with Crippen molar-refractivity contribution in [3.63, 3.8) is 0 Å². The van der Waals surface area contributed by atoms with E-state index in [0.29, 0.717) is 5.92 Å².